The van der Waals surface area contributed by atoms with Crippen LogP contribution in [0.25, 0.3) is 0 Å². The summed E-state index contributed by atoms with van der Waals surface area (Å²) in [6, 6.07) is 9.60. The third-order valence-corrected chi connectivity index (χ3v) is 4.95. The minimum Gasteiger partial charge on any atom is -0.487 e. The van der Waals surface area contributed by atoms with Crippen molar-refractivity contribution >= 4 is 33.3 Å². The molecule has 1 atom stereocenters. The van der Waals surface area contributed by atoms with Crippen molar-refractivity contribution in [3.05, 3.63) is 53.1 Å². The van der Waals surface area contributed by atoms with Gasteiger partial charge in [-0.1, -0.05) is 11.6 Å². The van der Waals surface area contributed by atoms with Crippen molar-refractivity contribution in [1.82, 2.24) is 0 Å². The zero-order valence-corrected chi connectivity index (χ0v) is 15.7. The van der Waals surface area contributed by atoms with Gasteiger partial charge in [-0.25, -0.2) is 13.2 Å². The van der Waals surface area contributed by atoms with Gasteiger partial charge in [0.1, 0.15) is 16.7 Å². The van der Waals surface area contributed by atoms with Crippen molar-refractivity contribution < 1.29 is 27.8 Å². The SMILES string of the molecule is COCC(C)Oc1ccc(Cl)cc1S(=O)(=O)Nc1ccc(C(=O)O)cc1. The summed E-state index contributed by atoms with van der Waals surface area (Å²) in [5.74, 6) is -0.967. The van der Waals surface area contributed by atoms with Crippen LogP contribution in [0.2, 0.25) is 5.02 Å². The number of anilines is 1. The van der Waals surface area contributed by atoms with Gasteiger partial charge in [-0.05, 0) is 49.4 Å². The molecule has 0 aliphatic carbocycles. The highest BCUT2D eigenvalue weighted by Gasteiger charge is 2.22. The van der Waals surface area contributed by atoms with Crippen LogP contribution in [0, 0.1) is 0 Å². The van der Waals surface area contributed by atoms with Crippen LogP contribution in [-0.4, -0.2) is 39.3 Å². The molecule has 0 bridgehead atoms. The van der Waals surface area contributed by atoms with E-state index in [0.29, 0.717) is 0 Å². The molecule has 2 rings (SSSR count). The molecule has 7 nitrogen and oxygen atoms in total. The van der Waals surface area contributed by atoms with Crippen LogP contribution in [0.4, 0.5) is 5.69 Å². The first kappa shape index (κ1) is 20.0. The van der Waals surface area contributed by atoms with E-state index in [0.717, 1.165) is 0 Å². The monoisotopic (exact) mass is 399 g/mol. The first-order valence-electron chi connectivity index (χ1n) is 7.54. The van der Waals surface area contributed by atoms with E-state index in [1.54, 1.807) is 6.92 Å². The number of aromatic carboxylic acids is 1. The molecule has 0 aliphatic rings. The number of sulfonamides is 1. The third kappa shape index (κ3) is 5.10. The number of hydrogen-bond donors (Lipinski definition) is 2. The Morgan fingerprint density at radius 1 is 1.23 bits per heavy atom. The second-order valence-corrected chi connectivity index (χ2v) is 7.55. The molecule has 0 amide bonds. The van der Waals surface area contributed by atoms with Crippen molar-refractivity contribution in [3.63, 3.8) is 0 Å². The van der Waals surface area contributed by atoms with Gasteiger partial charge in [0.05, 0.1) is 12.2 Å². The minimum absolute atomic E-state index is 0.0492. The number of carboxylic acid groups (broad SMARTS) is 1. The van der Waals surface area contributed by atoms with E-state index in [4.69, 9.17) is 26.2 Å². The molecule has 0 saturated heterocycles. The summed E-state index contributed by atoms with van der Waals surface area (Å²) >= 11 is 5.94. The fourth-order valence-corrected chi connectivity index (χ4v) is 3.62. The maximum Gasteiger partial charge on any atom is 0.335 e. The fourth-order valence-electron chi connectivity index (χ4n) is 2.17. The topological polar surface area (TPSA) is 102 Å². The summed E-state index contributed by atoms with van der Waals surface area (Å²) in [7, 11) is -2.49. The van der Waals surface area contributed by atoms with Gasteiger partial charge in [-0.3, -0.25) is 4.72 Å². The van der Waals surface area contributed by atoms with Gasteiger partial charge in [0, 0.05) is 17.8 Å². The summed E-state index contributed by atoms with van der Waals surface area (Å²) < 4.78 is 38.5. The number of methoxy groups -OCH3 is 1. The zero-order chi connectivity index (χ0) is 19.3. The predicted octanol–water partition coefficient (Wildman–Crippen LogP) is 3.25. The average molecular weight is 400 g/mol. The van der Waals surface area contributed by atoms with Crippen molar-refractivity contribution in [2.45, 2.75) is 17.9 Å². The number of hydrogen-bond acceptors (Lipinski definition) is 5. The van der Waals surface area contributed by atoms with Crippen LogP contribution in [0.15, 0.2) is 47.4 Å². The number of rotatable bonds is 8. The fraction of sp³-hybridized carbons (Fsp3) is 0.235. The molecule has 2 aromatic rings. The Labute approximate surface area is 156 Å². The van der Waals surface area contributed by atoms with Crippen LogP contribution in [0.1, 0.15) is 17.3 Å². The van der Waals surface area contributed by atoms with E-state index in [9.17, 15) is 13.2 Å². The van der Waals surface area contributed by atoms with Gasteiger partial charge in [0.15, 0.2) is 0 Å². The van der Waals surface area contributed by atoms with E-state index in [1.165, 1.54) is 49.6 Å². The summed E-state index contributed by atoms with van der Waals surface area (Å²) in [5.41, 5.74) is 0.263. The summed E-state index contributed by atoms with van der Waals surface area (Å²) in [6.07, 6.45) is -0.370. The molecule has 2 aromatic carbocycles. The smallest absolute Gasteiger partial charge is 0.335 e. The molecule has 9 heteroatoms. The summed E-state index contributed by atoms with van der Waals surface area (Å²) in [6.45, 7) is 2.03. The minimum atomic E-state index is -4.01. The third-order valence-electron chi connectivity index (χ3n) is 3.31. The maximum absolute atomic E-state index is 12.7. The summed E-state index contributed by atoms with van der Waals surface area (Å²) in [4.78, 5) is 10.7. The maximum atomic E-state index is 12.7. The van der Waals surface area contributed by atoms with Crippen LogP contribution in [-0.2, 0) is 14.8 Å². The number of carboxylic acids is 1. The van der Waals surface area contributed by atoms with E-state index in [-0.39, 0.29) is 39.6 Å². The number of ether oxygens (including phenoxy) is 2. The van der Waals surface area contributed by atoms with Gasteiger partial charge < -0.3 is 14.6 Å². The Hall–Kier alpha value is -2.29. The Morgan fingerprint density at radius 3 is 2.46 bits per heavy atom. The van der Waals surface area contributed by atoms with Crippen LogP contribution in [0.5, 0.6) is 5.75 Å². The molecule has 0 radical (unpaired) electrons. The lowest BCUT2D eigenvalue weighted by atomic mass is 10.2. The Morgan fingerprint density at radius 2 is 1.88 bits per heavy atom. The van der Waals surface area contributed by atoms with Gasteiger partial charge in [-0.2, -0.15) is 0 Å². The van der Waals surface area contributed by atoms with Crippen molar-refractivity contribution in [2.75, 3.05) is 18.4 Å². The molecule has 26 heavy (non-hydrogen) atoms. The second kappa shape index (κ2) is 8.39. The lowest BCUT2D eigenvalue weighted by Crippen LogP contribution is -2.21. The number of carbonyl (C=O) groups is 1. The van der Waals surface area contributed by atoms with Crippen LogP contribution >= 0.6 is 11.6 Å². The molecule has 0 heterocycles. The second-order valence-electron chi connectivity index (χ2n) is 5.46. The molecule has 1 unspecified atom stereocenters. The van der Waals surface area contributed by atoms with E-state index >= 15 is 0 Å². The number of halogens is 1. The quantitative estimate of drug-likeness (QED) is 0.706. The van der Waals surface area contributed by atoms with Gasteiger partial charge in [-0.15, -0.1) is 0 Å². The van der Waals surface area contributed by atoms with Crippen LogP contribution in [0.3, 0.4) is 0 Å². The molecule has 0 spiro atoms. The molecule has 0 aliphatic heterocycles. The highest BCUT2D eigenvalue weighted by Crippen LogP contribution is 2.30. The number of nitrogens with one attached hydrogen (secondary N) is 1. The highest BCUT2D eigenvalue weighted by molar-refractivity contribution is 7.92. The largest absolute Gasteiger partial charge is 0.487 e. The molecular formula is C17H18ClNO6S. The van der Waals surface area contributed by atoms with E-state index in [1.807, 2.05) is 0 Å². The molecule has 140 valence electrons. The van der Waals surface area contributed by atoms with Crippen LogP contribution < -0.4 is 9.46 Å². The predicted molar refractivity (Wildman–Crippen MR) is 97.6 cm³/mol. The molecular weight excluding hydrogens is 382 g/mol. The van der Waals surface area contributed by atoms with Gasteiger partial charge in [0.2, 0.25) is 0 Å². The molecule has 0 saturated carbocycles. The van der Waals surface area contributed by atoms with E-state index < -0.39 is 16.0 Å². The Balaban J connectivity index is 2.32. The Kier molecular flexibility index (Phi) is 6.47. The lowest BCUT2D eigenvalue weighted by Gasteiger charge is -2.17. The standard InChI is InChI=1S/C17H18ClNO6S/c1-11(10-24-2)25-15-8-5-13(18)9-16(15)26(22,23)19-14-6-3-12(4-7-14)17(20)21/h3-9,11,19H,10H2,1-2H3,(H,20,21). The zero-order valence-electron chi connectivity index (χ0n) is 14.1. The average Bonchev–Trinajstić information content (AvgIpc) is 2.56. The van der Waals surface area contributed by atoms with E-state index in [2.05, 4.69) is 4.72 Å². The lowest BCUT2D eigenvalue weighted by molar-refractivity contribution is 0.0697. The van der Waals surface area contributed by atoms with Crippen molar-refractivity contribution in [1.29, 1.82) is 0 Å². The van der Waals surface area contributed by atoms with Crippen molar-refractivity contribution in [3.8, 4) is 5.75 Å². The molecule has 0 fully saturated rings. The normalized spacial score (nSPS) is 12.4. The summed E-state index contributed by atoms with van der Waals surface area (Å²) in [5, 5.41) is 9.14. The first-order valence-corrected chi connectivity index (χ1v) is 9.40. The highest BCUT2D eigenvalue weighted by atomic mass is 35.5. The number of benzene rings is 2. The molecule has 0 aromatic heterocycles. The van der Waals surface area contributed by atoms with Crippen molar-refractivity contribution in [2.24, 2.45) is 0 Å². The van der Waals surface area contributed by atoms with Gasteiger partial charge >= 0.3 is 5.97 Å². The Bertz CT molecular complexity index is 883. The first-order chi connectivity index (χ1) is 12.2. The van der Waals surface area contributed by atoms with Gasteiger partial charge in [0.25, 0.3) is 10.0 Å². The molecule has 2 N–H and O–H groups in total.